The van der Waals surface area contributed by atoms with Crippen LogP contribution in [0.2, 0.25) is 0 Å². The zero-order valence-corrected chi connectivity index (χ0v) is 6.32. The van der Waals surface area contributed by atoms with Gasteiger partial charge in [0, 0.05) is 11.3 Å². The first-order valence-electron chi connectivity index (χ1n) is 2.59. The molecule has 0 aromatic rings. The molecule has 0 fully saturated rings. The Labute approximate surface area is 58.4 Å². The van der Waals surface area contributed by atoms with Crippen molar-refractivity contribution in [2.75, 3.05) is 0 Å². The SMILES string of the molecule is C=CCCC.NS(=O)[O-]. The minimum atomic E-state index is -2.36. The monoisotopic (exact) mass is 150 g/mol. The van der Waals surface area contributed by atoms with Crippen molar-refractivity contribution in [1.29, 1.82) is 0 Å². The van der Waals surface area contributed by atoms with E-state index >= 15 is 0 Å². The van der Waals surface area contributed by atoms with Gasteiger partial charge in [-0.2, -0.15) is 0 Å². The van der Waals surface area contributed by atoms with E-state index in [-0.39, 0.29) is 0 Å². The molecule has 0 aliphatic heterocycles. The molecule has 0 aliphatic rings. The van der Waals surface area contributed by atoms with Crippen molar-refractivity contribution in [3.63, 3.8) is 0 Å². The first-order chi connectivity index (χ1) is 4.15. The van der Waals surface area contributed by atoms with Crippen LogP contribution in [-0.4, -0.2) is 8.76 Å². The Hall–Kier alpha value is -0.190. The molecule has 0 rings (SSSR count). The van der Waals surface area contributed by atoms with Crippen LogP contribution in [0.25, 0.3) is 0 Å². The highest BCUT2D eigenvalue weighted by molar-refractivity contribution is 7.76. The minimum absolute atomic E-state index is 1.15. The summed E-state index contributed by atoms with van der Waals surface area (Å²) < 4.78 is 17.6. The van der Waals surface area contributed by atoms with Crippen LogP contribution in [0.4, 0.5) is 0 Å². The van der Waals surface area contributed by atoms with Gasteiger partial charge in [-0.15, -0.1) is 6.58 Å². The van der Waals surface area contributed by atoms with Gasteiger partial charge >= 0.3 is 0 Å². The fourth-order valence-electron chi connectivity index (χ4n) is 0.204. The van der Waals surface area contributed by atoms with Crippen molar-refractivity contribution in [1.82, 2.24) is 0 Å². The molecule has 0 radical (unpaired) electrons. The molecule has 0 bridgehead atoms. The lowest BCUT2D eigenvalue weighted by Gasteiger charge is -1.85. The number of rotatable bonds is 2. The summed E-state index contributed by atoms with van der Waals surface area (Å²) in [6.07, 6.45) is 4.31. The van der Waals surface area contributed by atoms with E-state index in [1.54, 1.807) is 0 Å². The van der Waals surface area contributed by atoms with Gasteiger partial charge in [-0.1, -0.05) is 19.4 Å². The van der Waals surface area contributed by atoms with E-state index in [0.717, 1.165) is 6.42 Å². The fourth-order valence-corrected chi connectivity index (χ4v) is 0.204. The topological polar surface area (TPSA) is 66.2 Å². The normalized spacial score (nSPS) is 11.0. The van der Waals surface area contributed by atoms with Gasteiger partial charge in [0.25, 0.3) is 0 Å². The summed E-state index contributed by atoms with van der Waals surface area (Å²) >= 11 is -2.36. The van der Waals surface area contributed by atoms with E-state index in [4.69, 9.17) is 8.76 Å². The summed E-state index contributed by atoms with van der Waals surface area (Å²) in [6.45, 7) is 5.69. The van der Waals surface area contributed by atoms with Crippen LogP contribution in [0.15, 0.2) is 12.7 Å². The van der Waals surface area contributed by atoms with Gasteiger partial charge in [0.05, 0.1) is 0 Å². The van der Waals surface area contributed by atoms with Crippen LogP contribution in [0.3, 0.4) is 0 Å². The third-order valence-electron chi connectivity index (χ3n) is 0.493. The van der Waals surface area contributed by atoms with Crippen LogP contribution in [0, 0.1) is 0 Å². The molecule has 4 heteroatoms. The molecule has 0 heterocycles. The van der Waals surface area contributed by atoms with Gasteiger partial charge in [-0.3, -0.25) is 9.35 Å². The zero-order chi connectivity index (χ0) is 7.70. The van der Waals surface area contributed by atoms with Crippen LogP contribution < -0.4 is 5.14 Å². The minimum Gasteiger partial charge on any atom is -0.760 e. The molecule has 1 atom stereocenters. The predicted octanol–water partition coefficient (Wildman–Crippen LogP) is 0.712. The van der Waals surface area contributed by atoms with Crippen molar-refractivity contribution in [2.24, 2.45) is 5.14 Å². The Bertz CT molecular complexity index is 81.0. The van der Waals surface area contributed by atoms with Gasteiger partial charge in [0.15, 0.2) is 0 Å². The highest BCUT2D eigenvalue weighted by atomic mass is 32.2. The Kier molecular flexibility index (Phi) is 13.8. The smallest absolute Gasteiger partial charge is 0.0152 e. The standard InChI is InChI=1S/C5H10.H3NO2S/c1-3-5-4-2;1-4(2)3/h3H,1,4-5H2,2H3;1H2,(H,2,3)/p-1. The number of hydrogen-bond acceptors (Lipinski definition) is 2. The van der Waals surface area contributed by atoms with E-state index in [0.29, 0.717) is 0 Å². The van der Waals surface area contributed by atoms with E-state index < -0.39 is 11.3 Å². The van der Waals surface area contributed by atoms with Crippen LogP contribution >= 0.6 is 0 Å². The second-order valence-electron chi connectivity index (χ2n) is 1.34. The molecule has 0 aromatic carbocycles. The average molecular weight is 150 g/mol. The Morgan fingerprint density at radius 3 is 2.22 bits per heavy atom. The molecule has 0 saturated heterocycles. The van der Waals surface area contributed by atoms with Gasteiger partial charge in [0.2, 0.25) is 0 Å². The second-order valence-corrected chi connectivity index (χ2v) is 1.86. The highest BCUT2D eigenvalue weighted by Gasteiger charge is 1.61. The van der Waals surface area contributed by atoms with Crippen LogP contribution in [0.5, 0.6) is 0 Å². The molecule has 9 heavy (non-hydrogen) atoms. The van der Waals surface area contributed by atoms with Gasteiger partial charge in [0.1, 0.15) is 0 Å². The molecule has 0 saturated carbocycles. The van der Waals surface area contributed by atoms with E-state index in [9.17, 15) is 0 Å². The van der Waals surface area contributed by atoms with E-state index in [1.165, 1.54) is 6.42 Å². The fraction of sp³-hybridized carbons (Fsp3) is 0.600. The first-order valence-corrected chi connectivity index (χ1v) is 3.73. The molecule has 0 aromatic heterocycles. The molecule has 1 unspecified atom stereocenters. The van der Waals surface area contributed by atoms with Gasteiger partial charge < -0.3 is 4.55 Å². The zero-order valence-electron chi connectivity index (χ0n) is 5.50. The average Bonchev–Trinajstić information content (AvgIpc) is 1.66. The Morgan fingerprint density at radius 2 is 2.22 bits per heavy atom. The van der Waals surface area contributed by atoms with Gasteiger partial charge in [-0.25, -0.2) is 0 Å². The molecule has 0 aliphatic carbocycles. The van der Waals surface area contributed by atoms with Crippen LogP contribution in [-0.2, 0) is 11.3 Å². The summed E-state index contributed by atoms with van der Waals surface area (Å²) in [5.74, 6) is 0. The molecule has 3 nitrogen and oxygen atoms in total. The summed E-state index contributed by atoms with van der Waals surface area (Å²) in [6, 6.07) is 0. The summed E-state index contributed by atoms with van der Waals surface area (Å²) in [4.78, 5) is 0. The molecule has 0 amide bonds. The highest BCUT2D eigenvalue weighted by Crippen LogP contribution is 1.82. The molecule has 56 valence electrons. The van der Waals surface area contributed by atoms with E-state index in [2.05, 4.69) is 18.6 Å². The lowest BCUT2D eigenvalue weighted by Crippen LogP contribution is -1.97. The molecular formula is C5H12NO2S-. The van der Waals surface area contributed by atoms with Crippen molar-refractivity contribution in [3.8, 4) is 0 Å². The van der Waals surface area contributed by atoms with Gasteiger partial charge in [-0.05, 0) is 6.42 Å². The Morgan fingerprint density at radius 1 is 1.89 bits per heavy atom. The lowest BCUT2D eigenvalue weighted by molar-refractivity contribution is 0.539. The second kappa shape index (κ2) is 10.7. The largest absolute Gasteiger partial charge is 0.760 e. The molecule has 2 N–H and O–H groups in total. The number of unbranched alkanes of at least 4 members (excludes halogenated alkanes) is 1. The maximum Gasteiger partial charge on any atom is 0.0152 e. The Balaban J connectivity index is 0. The van der Waals surface area contributed by atoms with Crippen molar-refractivity contribution in [2.45, 2.75) is 19.8 Å². The summed E-state index contributed by atoms with van der Waals surface area (Å²) in [7, 11) is 0. The molecule has 0 spiro atoms. The van der Waals surface area contributed by atoms with Crippen molar-refractivity contribution >= 4 is 11.3 Å². The van der Waals surface area contributed by atoms with Crippen molar-refractivity contribution in [3.05, 3.63) is 12.7 Å². The van der Waals surface area contributed by atoms with Crippen LogP contribution in [0.1, 0.15) is 19.8 Å². The third kappa shape index (κ3) is 80.5. The molecular weight excluding hydrogens is 138 g/mol. The number of nitrogens with two attached hydrogens (primary N) is 1. The first kappa shape index (κ1) is 11.6. The van der Waals surface area contributed by atoms with E-state index in [1.807, 2.05) is 6.08 Å². The maximum atomic E-state index is 8.78. The summed E-state index contributed by atoms with van der Waals surface area (Å²) in [5.41, 5.74) is 0. The lowest BCUT2D eigenvalue weighted by atomic mass is 10.3. The third-order valence-corrected chi connectivity index (χ3v) is 0.493. The number of hydrogen-bond donors (Lipinski definition) is 1. The maximum absolute atomic E-state index is 8.78. The predicted molar refractivity (Wildman–Crippen MR) is 38.2 cm³/mol. The van der Waals surface area contributed by atoms with Crippen molar-refractivity contribution < 1.29 is 8.76 Å². The summed E-state index contributed by atoms with van der Waals surface area (Å²) in [5, 5.41) is 4.03. The number of allylic oxidation sites excluding steroid dienone is 1. The quantitative estimate of drug-likeness (QED) is 0.465.